The number of benzene rings is 2. The Kier molecular flexibility index (Phi) is 8.12. The van der Waals surface area contributed by atoms with Crippen LogP contribution in [0.2, 0.25) is 10.0 Å². The molecular formula is C23H28Cl2N2O2. The molecule has 0 saturated heterocycles. The van der Waals surface area contributed by atoms with E-state index in [1.54, 1.807) is 23.1 Å². The van der Waals surface area contributed by atoms with Gasteiger partial charge in [0.05, 0.1) is 6.42 Å². The molecule has 6 heteroatoms. The molecule has 0 unspecified atom stereocenters. The summed E-state index contributed by atoms with van der Waals surface area (Å²) in [6.07, 6.45) is 0.529. The van der Waals surface area contributed by atoms with E-state index >= 15 is 0 Å². The fourth-order valence-corrected chi connectivity index (χ4v) is 3.64. The van der Waals surface area contributed by atoms with Gasteiger partial charge in [-0.2, -0.15) is 0 Å². The molecule has 0 spiro atoms. The van der Waals surface area contributed by atoms with Gasteiger partial charge in [0.25, 0.3) is 0 Å². The molecule has 4 nitrogen and oxygen atoms in total. The lowest BCUT2D eigenvalue weighted by molar-refractivity contribution is -0.141. The molecule has 2 rings (SSSR count). The van der Waals surface area contributed by atoms with Crippen LogP contribution in [0.5, 0.6) is 0 Å². The van der Waals surface area contributed by atoms with Crippen molar-refractivity contribution < 1.29 is 9.59 Å². The van der Waals surface area contributed by atoms with Crippen LogP contribution < -0.4 is 5.32 Å². The Labute approximate surface area is 183 Å². The number of nitrogens with one attached hydrogen (secondary N) is 1. The molecule has 2 aromatic rings. The van der Waals surface area contributed by atoms with Crippen molar-refractivity contribution in [2.45, 2.75) is 58.7 Å². The number of carbonyl (C=O) groups excluding carboxylic acids is 2. The second-order valence-electron chi connectivity index (χ2n) is 8.05. The average molecular weight is 435 g/mol. The van der Waals surface area contributed by atoms with Crippen LogP contribution >= 0.6 is 23.2 Å². The van der Waals surface area contributed by atoms with Gasteiger partial charge in [-0.1, -0.05) is 66.5 Å². The zero-order valence-corrected chi connectivity index (χ0v) is 18.8. The average Bonchev–Trinajstić information content (AvgIpc) is 2.64. The van der Waals surface area contributed by atoms with Crippen LogP contribution in [-0.2, 0) is 22.6 Å². The van der Waals surface area contributed by atoms with Gasteiger partial charge in [-0.3, -0.25) is 9.59 Å². The van der Waals surface area contributed by atoms with Crippen molar-refractivity contribution in [3.05, 3.63) is 69.7 Å². The monoisotopic (exact) mass is 434 g/mol. The van der Waals surface area contributed by atoms with Gasteiger partial charge in [0.1, 0.15) is 6.04 Å². The summed E-state index contributed by atoms with van der Waals surface area (Å²) in [7, 11) is 0. The summed E-state index contributed by atoms with van der Waals surface area (Å²) in [6, 6.07) is 14.2. The Balaban J connectivity index is 2.35. The van der Waals surface area contributed by atoms with Gasteiger partial charge in [-0.15, -0.1) is 0 Å². The number of hydrogen-bond acceptors (Lipinski definition) is 2. The molecule has 0 aliphatic heterocycles. The van der Waals surface area contributed by atoms with E-state index in [2.05, 4.69) is 5.32 Å². The van der Waals surface area contributed by atoms with E-state index in [4.69, 9.17) is 23.2 Å². The number of amides is 2. The third-order valence-corrected chi connectivity index (χ3v) is 5.18. The van der Waals surface area contributed by atoms with E-state index in [1.807, 2.05) is 58.0 Å². The van der Waals surface area contributed by atoms with E-state index in [9.17, 15) is 9.59 Å². The van der Waals surface area contributed by atoms with E-state index < -0.39 is 11.6 Å². The summed E-state index contributed by atoms with van der Waals surface area (Å²) in [6.45, 7) is 8.00. The fourth-order valence-electron chi connectivity index (χ4n) is 3.11. The second-order valence-corrected chi connectivity index (χ2v) is 8.86. The Hall–Kier alpha value is -2.04. The number of rotatable bonds is 7. The predicted octanol–water partition coefficient (Wildman–Crippen LogP) is 5.26. The minimum Gasteiger partial charge on any atom is -0.350 e. The molecule has 2 aromatic carbocycles. The third-order valence-electron chi connectivity index (χ3n) is 4.47. The number of carbonyl (C=O) groups is 2. The quantitative estimate of drug-likeness (QED) is 0.645. The van der Waals surface area contributed by atoms with Gasteiger partial charge < -0.3 is 10.2 Å². The lowest BCUT2D eigenvalue weighted by atomic mass is 10.0. The Morgan fingerprint density at radius 3 is 2.10 bits per heavy atom. The maximum Gasteiger partial charge on any atom is 0.243 e. The van der Waals surface area contributed by atoms with Crippen molar-refractivity contribution in [1.82, 2.24) is 10.2 Å². The third kappa shape index (κ3) is 6.76. The molecule has 156 valence electrons. The Bertz CT molecular complexity index is 827. The lowest BCUT2D eigenvalue weighted by Crippen LogP contribution is -2.53. The number of halogens is 2. The molecule has 1 N–H and O–H groups in total. The lowest BCUT2D eigenvalue weighted by Gasteiger charge is -2.33. The molecule has 1 atom stereocenters. The minimum absolute atomic E-state index is 0.0324. The van der Waals surface area contributed by atoms with Crippen LogP contribution in [0.3, 0.4) is 0 Å². The molecule has 0 aliphatic rings. The molecule has 0 bridgehead atoms. The van der Waals surface area contributed by atoms with Crippen molar-refractivity contribution in [2.24, 2.45) is 0 Å². The highest BCUT2D eigenvalue weighted by atomic mass is 35.5. The van der Waals surface area contributed by atoms with Crippen molar-refractivity contribution in [2.75, 3.05) is 0 Å². The summed E-state index contributed by atoms with van der Waals surface area (Å²) < 4.78 is 0. The first kappa shape index (κ1) is 23.2. The summed E-state index contributed by atoms with van der Waals surface area (Å²) >= 11 is 12.5. The summed E-state index contributed by atoms with van der Waals surface area (Å²) in [5.41, 5.74) is 1.14. The van der Waals surface area contributed by atoms with Crippen molar-refractivity contribution in [3.8, 4) is 0 Å². The molecule has 0 aromatic heterocycles. The zero-order valence-electron chi connectivity index (χ0n) is 17.3. The van der Waals surface area contributed by atoms with E-state index in [0.717, 1.165) is 5.56 Å². The minimum atomic E-state index is -0.594. The predicted molar refractivity (Wildman–Crippen MR) is 119 cm³/mol. The summed E-state index contributed by atoms with van der Waals surface area (Å²) in [5.74, 6) is -0.366. The van der Waals surface area contributed by atoms with Crippen LogP contribution in [0.15, 0.2) is 48.5 Å². The zero-order chi connectivity index (χ0) is 21.6. The standard InChI is InChI=1S/C23H28Cl2N2O2/c1-5-20(22(29)26-23(2,3)4)27(15-16-10-7-6-8-11-16)21(28)14-17-18(24)12-9-13-19(17)25/h6-13,20H,5,14-15H2,1-4H3,(H,26,29)/t20-/m1/s1. The molecule has 2 amide bonds. The van der Waals surface area contributed by atoms with Crippen LogP contribution in [0.1, 0.15) is 45.2 Å². The maximum atomic E-state index is 13.3. The molecule has 0 aliphatic carbocycles. The van der Waals surface area contributed by atoms with Gasteiger partial charge in [0.2, 0.25) is 11.8 Å². The van der Waals surface area contributed by atoms with E-state index in [1.165, 1.54) is 0 Å². The van der Waals surface area contributed by atoms with Gasteiger partial charge in [0, 0.05) is 22.1 Å². The van der Waals surface area contributed by atoms with Crippen molar-refractivity contribution in [1.29, 1.82) is 0 Å². The normalized spacial score (nSPS) is 12.3. The van der Waals surface area contributed by atoms with Gasteiger partial charge in [-0.05, 0) is 50.5 Å². The molecule has 0 heterocycles. The van der Waals surface area contributed by atoms with Gasteiger partial charge in [-0.25, -0.2) is 0 Å². The van der Waals surface area contributed by atoms with Gasteiger partial charge >= 0.3 is 0 Å². The highest BCUT2D eigenvalue weighted by Gasteiger charge is 2.31. The topological polar surface area (TPSA) is 49.4 Å². The Morgan fingerprint density at radius 1 is 1.00 bits per heavy atom. The van der Waals surface area contributed by atoms with Crippen molar-refractivity contribution in [3.63, 3.8) is 0 Å². The van der Waals surface area contributed by atoms with Crippen LogP contribution in [0.4, 0.5) is 0 Å². The first-order valence-electron chi connectivity index (χ1n) is 9.70. The number of nitrogens with zero attached hydrogens (tertiary/aromatic N) is 1. The second kappa shape index (κ2) is 10.1. The van der Waals surface area contributed by atoms with E-state index in [-0.39, 0.29) is 18.2 Å². The Morgan fingerprint density at radius 2 is 1.59 bits per heavy atom. The van der Waals surface area contributed by atoms with Crippen LogP contribution in [0.25, 0.3) is 0 Å². The summed E-state index contributed by atoms with van der Waals surface area (Å²) in [5, 5.41) is 3.88. The van der Waals surface area contributed by atoms with Crippen LogP contribution in [0, 0.1) is 0 Å². The fraction of sp³-hybridized carbons (Fsp3) is 0.391. The van der Waals surface area contributed by atoms with Crippen LogP contribution in [-0.4, -0.2) is 28.3 Å². The molecule has 29 heavy (non-hydrogen) atoms. The molecule has 0 fully saturated rings. The first-order valence-corrected chi connectivity index (χ1v) is 10.5. The SMILES string of the molecule is CC[C@H](C(=O)NC(C)(C)C)N(Cc1ccccc1)C(=O)Cc1c(Cl)cccc1Cl. The molecular weight excluding hydrogens is 407 g/mol. The van der Waals surface area contributed by atoms with E-state index in [0.29, 0.717) is 28.6 Å². The largest absolute Gasteiger partial charge is 0.350 e. The summed E-state index contributed by atoms with van der Waals surface area (Å²) in [4.78, 5) is 27.9. The first-order chi connectivity index (χ1) is 13.6. The van der Waals surface area contributed by atoms with Gasteiger partial charge in [0.15, 0.2) is 0 Å². The molecule has 0 radical (unpaired) electrons. The highest BCUT2D eigenvalue weighted by molar-refractivity contribution is 6.36. The number of hydrogen-bond donors (Lipinski definition) is 1. The van der Waals surface area contributed by atoms with Crippen molar-refractivity contribution >= 4 is 35.0 Å². The maximum absolute atomic E-state index is 13.3. The highest BCUT2D eigenvalue weighted by Crippen LogP contribution is 2.26. The smallest absolute Gasteiger partial charge is 0.243 e. The molecule has 0 saturated carbocycles.